The summed E-state index contributed by atoms with van der Waals surface area (Å²) in [4.78, 5) is 32.9. The van der Waals surface area contributed by atoms with Gasteiger partial charge in [-0.05, 0) is 37.4 Å². The summed E-state index contributed by atoms with van der Waals surface area (Å²) in [5.74, 6) is -0.197. The highest BCUT2D eigenvalue weighted by Gasteiger charge is 2.17. The Bertz CT molecular complexity index is 870. The molecule has 0 bridgehead atoms. The molecule has 1 aliphatic rings. The molecule has 9 heteroatoms. The number of piperazine rings is 1. The number of nitrogens with one attached hydrogen (secondary N) is 2. The number of benzene rings is 1. The average Bonchev–Trinajstić information content (AvgIpc) is 2.73. The number of hydrogen-bond donors (Lipinski definition) is 2. The largest absolute Gasteiger partial charge is 0.355 e. The van der Waals surface area contributed by atoms with E-state index in [-0.39, 0.29) is 17.6 Å². The molecule has 3 rings (SSSR count). The summed E-state index contributed by atoms with van der Waals surface area (Å²) < 4.78 is 0.754. The monoisotopic (exact) mass is 429 g/mol. The molecule has 2 aromatic rings. The van der Waals surface area contributed by atoms with Gasteiger partial charge < -0.3 is 20.4 Å². The smallest absolute Gasteiger partial charge is 0.274 e. The van der Waals surface area contributed by atoms with E-state index in [1.54, 1.807) is 48.7 Å². The number of anilines is 2. The minimum absolute atomic E-state index is 0.139. The Morgan fingerprint density at radius 2 is 1.79 bits per heavy atom. The van der Waals surface area contributed by atoms with Crippen LogP contribution in [0.15, 0.2) is 48.7 Å². The van der Waals surface area contributed by atoms with Crippen molar-refractivity contribution in [1.29, 1.82) is 0 Å². The first-order valence-corrected chi connectivity index (χ1v) is 10.6. The zero-order chi connectivity index (χ0) is 20.6. The van der Waals surface area contributed by atoms with Gasteiger partial charge in [0.05, 0.1) is 5.75 Å². The van der Waals surface area contributed by atoms with Crippen LogP contribution in [0.25, 0.3) is 0 Å². The molecule has 2 N–H and O–H groups in total. The van der Waals surface area contributed by atoms with Crippen LogP contribution in [0.3, 0.4) is 0 Å². The Morgan fingerprint density at radius 3 is 2.48 bits per heavy atom. The van der Waals surface area contributed by atoms with Gasteiger partial charge in [-0.1, -0.05) is 36.1 Å². The number of likely N-dealkylation sites (N-methyl/N-ethyl adjacent to an activating group) is 1. The highest BCUT2D eigenvalue weighted by atomic mass is 32.2. The second-order valence-corrected chi connectivity index (χ2v) is 8.25. The molecule has 152 valence electrons. The van der Waals surface area contributed by atoms with Crippen LogP contribution in [0, 0.1) is 0 Å². The van der Waals surface area contributed by atoms with Gasteiger partial charge >= 0.3 is 0 Å². The standard InChI is InChI=1S/C20H23N5O2S2/c1-24-9-11-25(12-10-24)20(28)29-14-18(26)22-15-5-4-6-16(13-15)23-19(27)17-7-2-3-8-21-17/h2-8,13H,9-12,14H2,1H3,(H,22,26)(H,23,27). The van der Waals surface area contributed by atoms with E-state index in [1.165, 1.54) is 11.8 Å². The number of aromatic nitrogens is 1. The van der Waals surface area contributed by atoms with Gasteiger partial charge in [0.2, 0.25) is 5.91 Å². The second-order valence-electron chi connectivity index (χ2n) is 6.64. The summed E-state index contributed by atoms with van der Waals surface area (Å²) in [6, 6.07) is 12.2. The lowest BCUT2D eigenvalue weighted by molar-refractivity contribution is -0.113. The first-order chi connectivity index (χ1) is 14.0. The van der Waals surface area contributed by atoms with Crippen molar-refractivity contribution in [1.82, 2.24) is 14.8 Å². The van der Waals surface area contributed by atoms with Crippen molar-refractivity contribution in [3.63, 3.8) is 0 Å². The number of carbonyl (C=O) groups is 2. The fourth-order valence-electron chi connectivity index (χ4n) is 2.77. The van der Waals surface area contributed by atoms with Crippen molar-refractivity contribution in [3.8, 4) is 0 Å². The molecular weight excluding hydrogens is 406 g/mol. The molecule has 1 fully saturated rings. The van der Waals surface area contributed by atoms with Crippen LogP contribution >= 0.6 is 24.0 Å². The van der Waals surface area contributed by atoms with Gasteiger partial charge in [-0.3, -0.25) is 14.6 Å². The Morgan fingerprint density at radius 1 is 1.07 bits per heavy atom. The normalized spacial score (nSPS) is 14.3. The van der Waals surface area contributed by atoms with Gasteiger partial charge in [0.1, 0.15) is 10.0 Å². The fourth-order valence-corrected chi connectivity index (χ4v) is 3.82. The lowest BCUT2D eigenvalue weighted by Gasteiger charge is -2.33. The van der Waals surface area contributed by atoms with E-state index in [2.05, 4.69) is 32.5 Å². The molecule has 1 aromatic carbocycles. The summed E-state index contributed by atoms with van der Waals surface area (Å²) >= 11 is 6.82. The van der Waals surface area contributed by atoms with Gasteiger partial charge in [0, 0.05) is 43.8 Å². The van der Waals surface area contributed by atoms with Crippen molar-refractivity contribution in [2.45, 2.75) is 0 Å². The van der Waals surface area contributed by atoms with Crippen molar-refractivity contribution in [2.75, 3.05) is 49.6 Å². The van der Waals surface area contributed by atoms with Crippen molar-refractivity contribution in [3.05, 3.63) is 54.4 Å². The zero-order valence-electron chi connectivity index (χ0n) is 16.1. The van der Waals surface area contributed by atoms with Gasteiger partial charge in [-0.2, -0.15) is 0 Å². The van der Waals surface area contributed by atoms with E-state index in [1.807, 2.05) is 0 Å². The molecule has 0 aliphatic carbocycles. The van der Waals surface area contributed by atoms with Crippen molar-refractivity contribution >= 4 is 51.5 Å². The number of nitrogens with zero attached hydrogens (tertiary/aromatic N) is 3. The van der Waals surface area contributed by atoms with Crippen LogP contribution in [-0.2, 0) is 4.79 Å². The molecule has 0 radical (unpaired) electrons. The van der Waals surface area contributed by atoms with Crippen LogP contribution in [0.1, 0.15) is 10.5 Å². The predicted octanol–water partition coefficient (Wildman–Crippen LogP) is 2.54. The summed E-state index contributed by atoms with van der Waals surface area (Å²) in [6.07, 6.45) is 1.57. The lowest BCUT2D eigenvalue weighted by atomic mass is 10.2. The highest BCUT2D eigenvalue weighted by Crippen LogP contribution is 2.17. The maximum atomic E-state index is 12.3. The van der Waals surface area contributed by atoms with Gasteiger partial charge in [-0.25, -0.2) is 0 Å². The summed E-state index contributed by atoms with van der Waals surface area (Å²) in [5, 5.41) is 5.63. The Hall–Kier alpha value is -2.49. The molecule has 2 amide bonds. The summed E-state index contributed by atoms with van der Waals surface area (Å²) in [7, 11) is 2.09. The van der Waals surface area contributed by atoms with Crippen LogP contribution in [0.4, 0.5) is 11.4 Å². The number of pyridine rings is 1. The third kappa shape index (κ3) is 6.52. The second kappa shape index (κ2) is 10.3. The van der Waals surface area contributed by atoms with E-state index in [4.69, 9.17) is 12.2 Å². The zero-order valence-corrected chi connectivity index (χ0v) is 17.8. The predicted molar refractivity (Wildman–Crippen MR) is 121 cm³/mol. The Balaban J connectivity index is 1.48. The average molecular weight is 430 g/mol. The van der Waals surface area contributed by atoms with E-state index in [0.29, 0.717) is 17.1 Å². The van der Waals surface area contributed by atoms with Crippen molar-refractivity contribution < 1.29 is 9.59 Å². The molecule has 7 nitrogen and oxygen atoms in total. The Kier molecular flexibility index (Phi) is 7.56. The number of thiocarbonyl (C=S) groups is 1. The molecule has 1 aliphatic heterocycles. The molecule has 0 unspecified atom stereocenters. The van der Waals surface area contributed by atoms with Crippen LogP contribution in [0.5, 0.6) is 0 Å². The molecule has 0 atom stereocenters. The molecule has 0 saturated carbocycles. The van der Waals surface area contributed by atoms with Crippen LogP contribution in [-0.4, -0.2) is 69.9 Å². The maximum Gasteiger partial charge on any atom is 0.274 e. The fraction of sp³-hybridized carbons (Fsp3) is 0.300. The highest BCUT2D eigenvalue weighted by molar-refractivity contribution is 8.23. The molecule has 1 saturated heterocycles. The molecule has 0 spiro atoms. The first-order valence-electron chi connectivity index (χ1n) is 9.24. The number of hydrogen-bond acceptors (Lipinski definition) is 6. The van der Waals surface area contributed by atoms with Crippen LogP contribution < -0.4 is 10.6 Å². The summed E-state index contributed by atoms with van der Waals surface area (Å²) in [6.45, 7) is 3.73. The minimum Gasteiger partial charge on any atom is -0.355 e. The van der Waals surface area contributed by atoms with E-state index < -0.39 is 0 Å². The Labute approximate surface area is 179 Å². The molecule has 1 aromatic heterocycles. The van der Waals surface area contributed by atoms with E-state index >= 15 is 0 Å². The summed E-state index contributed by atoms with van der Waals surface area (Å²) in [5.41, 5.74) is 1.52. The third-order valence-corrected chi connectivity index (χ3v) is 5.91. The topological polar surface area (TPSA) is 77.6 Å². The third-order valence-electron chi connectivity index (χ3n) is 4.39. The lowest BCUT2D eigenvalue weighted by Crippen LogP contribution is -2.46. The quantitative estimate of drug-likeness (QED) is 0.707. The van der Waals surface area contributed by atoms with Crippen molar-refractivity contribution in [2.24, 2.45) is 0 Å². The van der Waals surface area contributed by atoms with E-state index in [0.717, 1.165) is 30.5 Å². The maximum absolute atomic E-state index is 12.3. The van der Waals surface area contributed by atoms with Gasteiger partial charge in [-0.15, -0.1) is 0 Å². The van der Waals surface area contributed by atoms with E-state index in [9.17, 15) is 9.59 Å². The minimum atomic E-state index is -0.304. The number of thioether (sulfide) groups is 1. The van der Waals surface area contributed by atoms with Gasteiger partial charge in [0.25, 0.3) is 5.91 Å². The SMILES string of the molecule is CN1CCN(C(=S)SCC(=O)Nc2cccc(NC(=O)c3ccccn3)c2)CC1. The first kappa shape index (κ1) is 21.2. The molecular formula is C20H23N5O2S2. The number of rotatable bonds is 5. The van der Waals surface area contributed by atoms with Gasteiger partial charge in [0.15, 0.2) is 0 Å². The number of amides is 2. The van der Waals surface area contributed by atoms with Crippen LogP contribution in [0.2, 0.25) is 0 Å². The molecule has 29 heavy (non-hydrogen) atoms. The molecule has 2 heterocycles. The number of carbonyl (C=O) groups excluding carboxylic acids is 2.